The van der Waals surface area contributed by atoms with E-state index in [1.165, 1.54) is 55.6 Å². The van der Waals surface area contributed by atoms with E-state index in [4.69, 9.17) is 9.84 Å². The molecular formula is C31H36F2N2O6. The van der Waals surface area contributed by atoms with Gasteiger partial charge in [0.05, 0.1) is 12.5 Å². The predicted octanol–water partition coefficient (Wildman–Crippen LogP) is 4.87. The van der Waals surface area contributed by atoms with Crippen LogP contribution in [0.2, 0.25) is 0 Å². The third kappa shape index (κ3) is 9.23. The van der Waals surface area contributed by atoms with E-state index in [0.29, 0.717) is 43.4 Å². The lowest BCUT2D eigenvalue weighted by Crippen LogP contribution is -2.36. The monoisotopic (exact) mass is 570 g/mol. The number of carbonyl (C=O) groups excluding carboxylic acids is 3. The Labute approximate surface area is 238 Å². The highest BCUT2D eigenvalue weighted by Gasteiger charge is 2.43. The SMILES string of the molecule is CNC(=O)c1ccc(CC(=O)O[C@H](/C=C/[C@H]2CCC(=O)N2CCCCCCC(=O)O)C(F)(F)c2ccccc2)cc1. The summed E-state index contributed by atoms with van der Waals surface area (Å²) in [6.45, 7) is 0.437. The van der Waals surface area contributed by atoms with Gasteiger partial charge < -0.3 is 20.1 Å². The highest BCUT2D eigenvalue weighted by atomic mass is 19.3. The molecule has 0 unspecified atom stereocenters. The van der Waals surface area contributed by atoms with Crippen molar-refractivity contribution < 1.29 is 37.8 Å². The van der Waals surface area contributed by atoms with Gasteiger partial charge in [0, 0.05) is 37.6 Å². The number of ether oxygens (including phenoxy) is 1. The Hall–Kier alpha value is -4.08. The van der Waals surface area contributed by atoms with Crippen molar-refractivity contribution in [1.29, 1.82) is 0 Å². The fourth-order valence-electron chi connectivity index (χ4n) is 4.71. The molecule has 1 aliphatic heterocycles. The van der Waals surface area contributed by atoms with E-state index in [9.17, 15) is 19.2 Å². The number of nitrogens with one attached hydrogen (secondary N) is 1. The van der Waals surface area contributed by atoms with Crippen molar-refractivity contribution in [2.24, 2.45) is 0 Å². The van der Waals surface area contributed by atoms with Crippen molar-refractivity contribution in [3.05, 3.63) is 83.4 Å². The molecule has 3 rings (SSSR count). The second-order valence-electron chi connectivity index (χ2n) is 9.99. The van der Waals surface area contributed by atoms with Crippen LogP contribution >= 0.6 is 0 Å². The molecule has 1 aliphatic rings. The zero-order valence-electron chi connectivity index (χ0n) is 23.1. The number of hydrogen-bond donors (Lipinski definition) is 2. The number of unbranched alkanes of at least 4 members (excludes halogenated alkanes) is 3. The number of rotatable bonds is 15. The number of likely N-dealkylation sites (tertiary alicyclic amines) is 1. The lowest BCUT2D eigenvalue weighted by Gasteiger charge is -2.27. The van der Waals surface area contributed by atoms with Gasteiger partial charge in [-0.15, -0.1) is 0 Å². The summed E-state index contributed by atoms with van der Waals surface area (Å²) in [7, 11) is 1.50. The maximum Gasteiger partial charge on any atom is 0.312 e. The lowest BCUT2D eigenvalue weighted by atomic mass is 10.0. The van der Waals surface area contributed by atoms with Crippen LogP contribution in [0.3, 0.4) is 0 Å². The van der Waals surface area contributed by atoms with E-state index in [1.807, 2.05) is 0 Å². The number of esters is 1. The van der Waals surface area contributed by atoms with E-state index in [2.05, 4.69) is 5.32 Å². The van der Waals surface area contributed by atoms with Gasteiger partial charge in [-0.05, 0) is 43.0 Å². The van der Waals surface area contributed by atoms with Crippen molar-refractivity contribution in [2.45, 2.75) is 69.4 Å². The first-order chi connectivity index (χ1) is 19.6. The van der Waals surface area contributed by atoms with Crippen LogP contribution in [0.15, 0.2) is 66.7 Å². The van der Waals surface area contributed by atoms with Gasteiger partial charge in [0.15, 0.2) is 6.10 Å². The smallest absolute Gasteiger partial charge is 0.312 e. The number of benzene rings is 2. The molecule has 0 saturated carbocycles. The van der Waals surface area contributed by atoms with Gasteiger partial charge in [-0.3, -0.25) is 19.2 Å². The summed E-state index contributed by atoms with van der Waals surface area (Å²) in [5.41, 5.74) is 0.597. The molecule has 0 radical (unpaired) electrons. The Kier molecular flexibility index (Phi) is 11.6. The molecule has 0 spiro atoms. The maximum atomic E-state index is 15.6. The molecule has 1 fully saturated rings. The molecule has 2 atom stereocenters. The van der Waals surface area contributed by atoms with Crippen LogP contribution in [0.25, 0.3) is 0 Å². The molecule has 2 amide bonds. The zero-order valence-corrected chi connectivity index (χ0v) is 23.1. The quantitative estimate of drug-likeness (QED) is 0.179. The van der Waals surface area contributed by atoms with Crippen molar-refractivity contribution in [3.8, 4) is 0 Å². The molecule has 0 aromatic heterocycles. The third-order valence-corrected chi connectivity index (χ3v) is 6.99. The van der Waals surface area contributed by atoms with Gasteiger partial charge >= 0.3 is 17.9 Å². The zero-order chi connectivity index (χ0) is 29.8. The fourth-order valence-corrected chi connectivity index (χ4v) is 4.71. The Morgan fingerprint density at radius 1 is 1.07 bits per heavy atom. The van der Waals surface area contributed by atoms with E-state index < -0.39 is 30.0 Å². The summed E-state index contributed by atoms with van der Waals surface area (Å²) in [5, 5.41) is 11.3. The van der Waals surface area contributed by atoms with Crippen LogP contribution in [0.4, 0.5) is 8.78 Å². The molecule has 220 valence electrons. The van der Waals surface area contributed by atoms with Gasteiger partial charge in [-0.1, -0.05) is 61.4 Å². The van der Waals surface area contributed by atoms with Crippen LogP contribution in [0, 0.1) is 0 Å². The van der Waals surface area contributed by atoms with Crippen LogP contribution in [0.1, 0.15) is 66.4 Å². The summed E-state index contributed by atoms with van der Waals surface area (Å²) in [5.74, 6) is -5.60. The Morgan fingerprint density at radius 3 is 2.41 bits per heavy atom. The molecule has 10 heteroatoms. The molecule has 0 aliphatic carbocycles. The number of carboxylic acid groups (broad SMARTS) is 1. The highest BCUT2D eigenvalue weighted by Crippen LogP contribution is 2.35. The first-order valence-corrected chi connectivity index (χ1v) is 13.7. The molecule has 2 aromatic carbocycles. The molecule has 2 N–H and O–H groups in total. The molecule has 0 bridgehead atoms. The molecular weight excluding hydrogens is 534 g/mol. The normalized spacial score (nSPS) is 16.1. The number of carbonyl (C=O) groups is 4. The number of hydrogen-bond acceptors (Lipinski definition) is 5. The molecule has 8 nitrogen and oxygen atoms in total. The number of amides is 2. The third-order valence-electron chi connectivity index (χ3n) is 6.99. The average molecular weight is 571 g/mol. The number of halogens is 2. The number of carboxylic acids is 1. The minimum absolute atomic E-state index is 0.0752. The predicted molar refractivity (Wildman–Crippen MR) is 148 cm³/mol. The Balaban J connectivity index is 1.70. The second-order valence-corrected chi connectivity index (χ2v) is 9.99. The molecule has 1 saturated heterocycles. The molecule has 1 heterocycles. The minimum atomic E-state index is -3.53. The summed E-state index contributed by atoms with van der Waals surface area (Å²) >= 11 is 0. The van der Waals surface area contributed by atoms with Crippen molar-refractivity contribution >= 4 is 23.8 Å². The standard InChI is InChI=1S/C31H36F2N2O6/c1-34-30(40)23-14-12-22(13-15-23)21-29(39)41-26(31(32,33)24-9-5-4-6-10-24)18-16-25-17-19-27(36)35(25)20-8-3-2-7-11-28(37)38/h4-6,9-10,12-16,18,25-26H,2-3,7-8,11,17,19-21H2,1H3,(H,34,40)(H,37,38)/b18-16+/t25-,26+/m0/s1. The molecule has 41 heavy (non-hydrogen) atoms. The lowest BCUT2D eigenvalue weighted by molar-refractivity contribution is -0.167. The first kappa shape index (κ1) is 31.4. The second kappa shape index (κ2) is 15.1. The van der Waals surface area contributed by atoms with Gasteiger partial charge in [-0.2, -0.15) is 8.78 Å². The van der Waals surface area contributed by atoms with Crippen molar-refractivity contribution in [2.75, 3.05) is 13.6 Å². The van der Waals surface area contributed by atoms with Gasteiger partial charge in [0.1, 0.15) is 0 Å². The highest BCUT2D eigenvalue weighted by molar-refractivity contribution is 5.94. The van der Waals surface area contributed by atoms with Crippen LogP contribution in [-0.2, 0) is 31.5 Å². The maximum absolute atomic E-state index is 15.6. The van der Waals surface area contributed by atoms with E-state index in [0.717, 1.165) is 12.8 Å². The summed E-state index contributed by atoms with van der Waals surface area (Å²) in [4.78, 5) is 49.3. The van der Waals surface area contributed by atoms with E-state index in [-0.39, 0.29) is 30.2 Å². The van der Waals surface area contributed by atoms with Crippen molar-refractivity contribution in [3.63, 3.8) is 0 Å². The largest absolute Gasteiger partial charge is 0.481 e. The summed E-state index contributed by atoms with van der Waals surface area (Å²) in [6.07, 6.45) is 4.09. The van der Waals surface area contributed by atoms with Crippen LogP contribution in [0.5, 0.6) is 0 Å². The minimum Gasteiger partial charge on any atom is -0.481 e. The number of aliphatic carboxylic acids is 1. The van der Waals surface area contributed by atoms with Gasteiger partial charge in [-0.25, -0.2) is 0 Å². The number of nitrogens with zero attached hydrogens (tertiary/aromatic N) is 1. The average Bonchev–Trinajstić information content (AvgIpc) is 3.31. The number of alkyl halides is 2. The fraction of sp³-hybridized carbons (Fsp3) is 0.419. The topological polar surface area (TPSA) is 113 Å². The van der Waals surface area contributed by atoms with Crippen LogP contribution in [-0.4, -0.2) is 59.5 Å². The van der Waals surface area contributed by atoms with Gasteiger partial charge in [0.25, 0.3) is 5.91 Å². The Bertz CT molecular complexity index is 1220. The van der Waals surface area contributed by atoms with Gasteiger partial charge in [0.2, 0.25) is 5.91 Å². The first-order valence-electron chi connectivity index (χ1n) is 13.7. The molecule has 2 aromatic rings. The van der Waals surface area contributed by atoms with E-state index in [1.54, 1.807) is 23.1 Å². The van der Waals surface area contributed by atoms with Crippen LogP contribution < -0.4 is 5.32 Å². The van der Waals surface area contributed by atoms with Crippen molar-refractivity contribution in [1.82, 2.24) is 10.2 Å². The summed E-state index contributed by atoms with van der Waals surface area (Å²) in [6, 6.07) is 12.9. The Morgan fingerprint density at radius 2 is 1.76 bits per heavy atom. The van der Waals surface area contributed by atoms with E-state index >= 15 is 8.78 Å². The summed E-state index contributed by atoms with van der Waals surface area (Å²) < 4.78 is 36.6.